The van der Waals surface area contributed by atoms with Gasteiger partial charge in [0.25, 0.3) is 0 Å². The summed E-state index contributed by atoms with van der Waals surface area (Å²) in [4.78, 5) is 29.5. The second kappa shape index (κ2) is 7.02. The quantitative estimate of drug-likeness (QED) is 0.717. The van der Waals surface area contributed by atoms with Gasteiger partial charge in [0.2, 0.25) is 5.91 Å². The number of halogens is 1. The largest absolute Gasteiger partial charge is 0.354 e. The van der Waals surface area contributed by atoms with E-state index in [2.05, 4.69) is 19.9 Å². The summed E-state index contributed by atoms with van der Waals surface area (Å²) < 4.78 is 0. The first-order valence-corrected chi connectivity index (χ1v) is 10.5. The molecule has 7 heteroatoms. The predicted molar refractivity (Wildman–Crippen MR) is 114 cm³/mol. The number of carbonyl (C=O) groups is 1. The van der Waals surface area contributed by atoms with Gasteiger partial charge in [0.15, 0.2) is 0 Å². The molecule has 2 aromatic heterocycles. The van der Waals surface area contributed by atoms with Crippen molar-refractivity contribution >= 4 is 34.4 Å². The van der Waals surface area contributed by atoms with Crippen molar-refractivity contribution in [2.24, 2.45) is 5.41 Å². The molecule has 1 N–H and O–H groups in total. The van der Waals surface area contributed by atoms with Crippen LogP contribution in [0.3, 0.4) is 0 Å². The van der Waals surface area contributed by atoms with Crippen molar-refractivity contribution in [3.05, 3.63) is 52.9 Å². The normalized spacial score (nSPS) is 18.3. The second-order valence-electron chi connectivity index (χ2n) is 8.45. The number of nitrogens with one attached hydrogen (secondary N) is 1. The minimum Gasteiger partial charge on any atom is -0.354 e. The molecule has 1 amide bonds. The van der Waals surface area contributed by atoms with Gasteiger partial charge in [-0.3, -0.25) is 4.79 Å². The van der Waals surface area contributed by atoms with Gasteiger partial charge >= 0.3 is 0 Å². The minimum atomic E-state index is 0.151. The maximum absolute atomic E-state index is 13.1. The number of aromatic nitrogens is 3. The highest BCUT2D eigenvalue weighted by Crippen LogP contribution is 2.48. The Morgan fingerprint density at radius 2 is 2.07 bits per heavy atom. The number of rotatable bonds is 3. The van der Waals surface area contributed by atoms with Crippen molar-refractivity contribution in [3.63, 3.8) is 0 Å². The van der Waals surface area contributed by atoms with Gasteiger partial charge < -0.3 is 14.8 Å². The monoisotopic (exact) mass is 409 g/mol. The average molecular weight is 410 g/mol. The summed E-state index contributed by atoms with van der Waals surface area (Å²) in [5.74, 6) is 1.11. The summed E-state index contributed by atoms with van der Waals surface area (Å²) in [7, 11) is 0. The van der Waals surface area contributed by atoms with E-state index in [1.165, 1.54) is 0 Å². The summed E-state index contributed by atoms with van der Waals surface area (Å²) in [5.41, 5.74) is 3.04. The summed E-state index contributed by atoms with van der Waals surface area (Å²) >= 11 is 6.36. The molecular weight excluding hydrogens is 386 g/mol. The molecule has 1 saturated carbocycles. The molecule has 2 fully saturated rings. The lowest BCUT2D eigenvalue weighted by Gasteiger charge is -2.25. The van der Waals surface area contributed by atoms with Crippen molar-refractivity contribution in [3.8, 4) is 0 Å². The molecule has 0 radical (unpaired) electrons. The van der Waals surface area contributed by atoms with Gasteiger partial charge in [0.05, 0.1) is 11.8 Å². The third-order valence-electron chi connectivity index (χ3n) is 6.18. The topological polar surface area (TPSA) is 65.1 Å². The van der Waals surface area contributed by atoms with E-state index < -0.39 is 0 Å². The van der Waals surface area contributed by atoms with E-state index in [1.807, 2.05) is 42.3 Å². The molecular formula is C22H24ClN5O. The number of nitrogens with zero attached hydrogens (tertiary/aromatic N) is 4. The predicted octanol–water partition coefficient (Wildman–Crippen LogP) is 3.59. The maximum Gasteiger partial charge on any atom is 0.227 e. The van der Waals surface area contributed by atoms with Crippen molar-refractivity contribution in [2.45, 2.75) is 26.2 Å². The number of H-pyrrole nitrogens is 1. The van der Waals surface area contributed by atoms with Gasteiger partial charge in [-0.25, -0.2) is 9.97 Å². The number of amides is 1. The minimum absolute atomic E-state index is 0.151. The van der Waals surface area contributed by atoms with Crippen LogP contribution in [-0.4, -0.2) is 51.9 Å². The molecule has 150 valence electrons. The standard InChI is InChI=1S/C22H24ClN5O/c1-15-2-3-16(18(23)10-15)11-19(29)27-8-9-28(13-22(12-27)5-6-22)21-17-4-7-24-20(17)25-14-26-21/h2-4,7,10,14H,5-6,8-9,11-13H2,1H3,(H,24,25,26). The first kappa shape index (κ1) is 18.4. The van der Waals surface area contributed by atoms with Gasteiger partial charge in [-0.05, 0) is 43.0 Å². The zero-order valence-electron chi connectivity index (χ0n) is 16.5. The lowest BCUT2D eigenvalue weighted by atomic mass is 10.1. The van der Waals surface area contributed by atoms with Gasteiger partial charge in [-0.15, -0.1) is 0 Å². The molecule has 0 unspecified atom stereocenters. The number of aromatic amines is 1. The number of hydrogen-bond donors (Lipinski definition) is 1. The Labute approximate surface area is 174 Å². The SMILES string of the molecule is Cc1ccc(CC(=O)N2CCN(c3ncnc4[nH]ccc34)CC3(CC3)C2)c(Cl)c1. The Morgan fingerprint density at radius 1 is 1.21 bits per heavy atom. The molecule has 1 aliphatic carbocycles. The van der Waals surface area contributed by atoms with Crippen LogP contribution in [0.4, 0.5) is 5.82 Å². The van der Waals surface area contributed by atoms with Crippen LogP contribution in [0, 0.1) is 12.3 Å². The number of fused-ring (bicyclic) bond motifs is 1. The zero-order valence-corrected chi connectivity index (χ0v) is 17.2. The average Bonchev–Trinajstić information content (AvgIpc) is 3.34. The lowest BCUT2D eigenvalue weighted by Crippen LogP contribution is -2.37. The Kier molecular flexibility index (Phi) is 4.46. The molecule has 1 spiro atoms. The van der Waals surface area contributed by atoms with Gasteiger partial charge in [-0.2, -0.15) is 0 Å². The first-order valence-electron chi connectivity index (χ1n) is 10.1. The van der Waals surface area contributed by atoms with Gasteiger partial charge in [0, 0.05) is 42.8 Å². The molecule has 29 heavy (non-hydrogen) atoms. The van der Waals surface area contributed by atoms with Crippen LogP contribution in [0.1, 0.15) is 24.0 Å². The van der Waals surface area contributed by atoms with Crippen molar-refractivity contribution < 1.29 is 4.79 Å². The lowest BCUT2D eigenvalue weighted by molar-refractivity contribution is -0.130. The summed E-state index contributed by atoms with van der Waals surface area (Å²) in [6, 6.07) is 7.93. The van der Waals surface area contributed by atoms with E-state index >= 15 is 0 Å². The molecule has 1 aliphatic heterocycles. The fourth-order valence-corrected chi connectivity index (χ4v) is 4.63. The fourth-order valence-electron chi connectivity index (χ4n) is 4.33. The molecule has 1 saturated heterocycles. The maximum atomic E-state index is 13.1. The highest BCUT2D eigenvalue weighted by Gasteiger charge is 2.47. The first-order chi connectivity index (χ1) is 14.0. The zero-order chi connectivity index (χ0) is 20.0. The third kappa shape index (κ3) is 3.57. The second-order valence-corrected chi connectivity index (χ2v) is 8.85. The van der Waals surface area contributed by atoms with E-state index in [4.69, 9.17) is 11.6 Å². The molecule has 3 aromatic rings. The van der Waals surface area contributed by atoms with Crippen LogP contribution >= 0.6 is 11.6 Å². The Bertz CT molecular complexity index is 1070. The highest BCUT2D eigenvalue weighted by molar-refractivity contribution is 6.31. The number of anilines is 1. The summed E-state index contributed by atoms with van der Waals surface area (Å²) in [6.45, 7) is 5.21. The Hall–Kier alpha value is -2.60. The number of hydrogen-bond acceptors (Lipinski definition) is 4. The van der Waals surface area contributed by atoms with Gasteiger partial charge in [-0.1, -0.05) is 23.7 Å². The van der Waals surface area contributed by atoms with Crippen molar-refractivity contribution in [1.29, 1.82) is 0 Å². The number of carbonyl (C=O) groups excluding carboxylic acids is 1. The highest BCUT2D eigenvalue weighted by atomic mass is 35.5. The molecule has 5 rings (SSSR count). The van der Waals surface area contributed by atoms with E-state index in [1.54, 1.807) is 6.33 Å². The molecule has 6 nitrogen and oxygen atoms in total. The summed E-state index contributed by atoms with van der Waals surface area (Å²) in [6.07, 6.45) is 6.17. The van der Waals surface area contributed by atoms with Crippen LogP contribution in [0.2, 0.25) is 5.02 Å². The van der Waals surface area contributed by atoms with Crippen molar-refractivity contribution in [1.82, 2.24) is 19.9 Å². The van der Waals surface area contributed by atoms with Crippen LogP contribution in [0.15, 0.2) is 36.8 Å². The molecule has 0 atom stereocenters. The Balaban J connectivity index is 1.36. The van der Waals surface area contributed by atoms with Crippen LogP contribution < -0.4 is 4.90 Å². The van der Waals surface area contributed by atoms with E-state index in [-0.39, 0.29) is 11.3 Å². The van der Waals surface area contributed by atoms with Gasteiger partial charge in [0.1, 0.15) is 17.8 Å². The van der Waals surface area contributed by atoms with Crippen LogP contribution in [-0.2, 0) is 11.2 Å². The third-order valence-corrected chi connectivity index (χ3v) is 6.54. The smallest absolute Gasteiger partial charge is 0.227 e. The molecule has 3 heterocycles. The van der Waals surface area contributed by atoms with E-state index in [0.29, 0.717) is 18.0 Å². The number of aryl methyl sites for hydroxylation is 1. The van der Waals surface area contributed by atoms with Crippen LogP contribution in [0.5, 0.6) is 0 Å². The number of benzene rings is 1. The summed E-state index contributed by atoms with van der Waals surface area (Å²) in [5, 5.41) is 1.71. The fraction of sp³-hybridized carbons (Fsp3) is 0.409. The molecule has 2 aliphatic rings. The van der Waals surface area contributed by atoms with Crippen molar-refractivity contribution in [2.75, 3.05) is 31.1 Å². The van der Waals surface area contributed by atoms with Crippen LogP contribution in [0.25, 0.3) is 11.0 Å². The van der Waals surface area contributed by atoms with E-state index in [9.17, 15) is 4.79 Å². The molecule has 1 aromatic carbocycles. The molecule has 0 bridgehead atoms. The Morgan fingerprint density at radius 3 is 2.86 bits per heavy atom. The van der Waals surface area contributed by atoms with E-state index in [0.717, 1.165) is 60.5 Å².